The molecular formula is C13H23I3OS. The van der Waals surface area contributed by atoms with E-state index >= 15 is 0 Å². The predicted molar refractivity (Wildman–Crippen MR) is 110 cm³/mol. The van der Waals surface area contributed by atoms with Crippen LogP contribution in [-0.4, -0.2) is 16.7 Å². The maximum Gasteiger partial charge on any atom is 0.130 e. The highest BCUT2D eigenvalue weighted by Gasteiger charge is 2.15. The van der Waals surface area contributed by atoms with E-state index in [1.807, 2.05) is 11.8 Å². The van der Waals surface area contributed by atoms with Crippen LogP contribution in [0.4, 0.5) is 0 Å². The van der Waals surface area contributed by atoms with Crippen molar-refractivity contribution in [2.24, 2.45) is 0 Å². The molecule has 0 aromatic rings. The molecule has 0 heterocycles. The van der Waals surface area contributed by atoms with Gasteiger partial charge in [-0.2, -0.15) is 11.8 Å². The number of carbonyl (C=O) groups is 1. The zero-order valence-corrected chi connectivity index (χ0v) is 18.3. The largest absolute Gasteiger partial charge is 0.300 e. The lowest BCUT2D eigenvalue weighted by molar-refractivity contribution is -0.116. The third-order valence-electron chi connectivity index (χ3n) is 2.60. The molecule has 0 saturated heterocycles. The van der Waals surface area contributed by atoms with Crippen molar-refractivity contribution in [2.45, 2.75) is 57.7 Å². The summed E-state index contributed by atoms with van der Waals surface area (Å²) >= 11 is 9.47. The molecule has 0 rings (SSSR count). The zero-order chi connectivity index (χ0) is 13.9. The van der Waals surface area contributed by atoms with E-state index in [1.165, 1.54) is 50.7 Å². The third kappa shape index (κ3) is 18.2. The van der Waals surface area contributed by atoms with Gasteiger partial charge in [-0.3, -0.25) is 4.79 Å². The molecule has 0 N–H and O–H groups in total. The molecule has 0 atom stereocenters. The molecule has 0 radical (unpaired) electrons. The zero-order valence-electron chi connectivity index (χ0n) is 11.0. The Bertz CT molecular complexity index is 217. The number of carbonyl (C=O) groups excluding carboxylic acids is 1. The molecule has 5 heteroatoms. The minimum atomic E-state index is 0.319. The van der Waals surface area contributed by atoms with Crippen molar-refractivity contribution < 1.29 is 4.79 Å². The number of hydrogen-bond donors (Lipinski definition) is 0. The van der Waals surface area contributed by atoms with Crippen molar-refractivity contribution in [3.05, 3.63) is 0 Å². The average Bonchev–Trinajstić information content (AvgIpc) is 2.24. The highest BCUT2D eigenvalue weighted by molar-refractivity contribution is 14.3. The minimum absolute atomic E-state index is 0.319. The van der Waals surface area contributed by atoms with Crippen LogP contribution in [0, 0.1) is 0 Å². The Morgan fingerprint density at radius 3 is 2.06 bits per heavy atom. The lowest BCUT2D eigenvalue weighted by Crippen LogP contribution is -1.97. The van der Waals surface area contributed by atoms with Crippen LogP contribution in [0.2, 0.25) is 0 Å². The van der Waals surface area contributed by atoms with Crippen molar-refractivity contribution in [3.8, 4) is 0 Å². The van der Waals surface area contributed by atoms with E-state index in [2.05, 4.69) is 67.8 Å². The lowest BCUT2D eigenvalue weighted by Gasteiger charge is -2.11. The van der Waals surface area contributed by atoms with Gasteiger partial charge >= 0.3 is 0 Å². The lowest BCUT2D eigenvalue weighted by atomic mass is 10.1. The monoisotopic (exact) mass is 608 g/mol. The normalized spacial score (nSPS) is 11.8. The Morgan fingerprint density at radius 1 is 0.944 bits per heavy atom. The smallest absolute Gasteiger partial charge is 0.130 e. The first kappa shape index (κ1) is 20.2. The van der Waals surface area contributed by atoms with Crippen LogP contribution in [0.15, 0.2) is 0 Å². The first-order valence-electron chi connectivity index (χ1n) is 6.56. The van der Waals surface area contributed by atoms with Crippen LogP contribution in [0.5, 0.6) is 0 Å². The van der Waals surface area contributed by atoms with Crippen molar-refractivity contribution in [2.75, 3.05) is 11.5 Å². The number of ketones is 1. The van der Waals surface area contributed by atoms with Crippen molar-refractivity contribution in [3.63, 3.8) is 0 Å². The Kier molecular flexibility index (Phi) is 14.5. The van der Waals surface area contributed by atoms with Crippen LogP contribution in [0.3, 0.4) is 0 Å². The number of hydrogen-bond acceptors (Lipinski definition) is 2. The van der Waals surface area contributed by atoms with Gasteiger partial charge in [0.2, 0.25) is 0 Å². The van der Waals surface area contributed by atoms with Crippen molar-refractivity contribution >= 4 is 85.3 Å². The summed E-state index contributed by atoms with van der Waals surface area (Å²) in [7, 11) is 0. The van der Waals surface area contributed by atoms with Gasteiger partial charge in [-0.1, -0.05) is 99.9 Å². The van der Waals surface area contributed by atoms with Gasteiger partial charge < -0.3 is 0 Å². The highest BCUT2D eigenvalue weighted by atomic mass is 127. The summed E-state index contributed by atoms with van der Waals surface area (Å²) < 4.78 is 0.417. The Balaban J connectivity index is 3.06. The fourth-order valence-corrected chi connectivity index (χ4v) is 3.74. The van der Waals surface area contributed by atoms with Crippen LogP contribution in [-0.2, 0) is 4.79 Å². The van der Waals surface area contributed by atoms with E-state index in [9.17, 15) is 4.79 Å². The number of Topliss-reactive ketones (excluding diaryl/α,β-unsaturated/α-hetero) is 1. The van der Waals surface area contributed by atoms with E-state index in [0.29, 0.717) is 5.22 Å². The van der Waals surface area contributed by atoms with Gasteiger partial charge in [0.25, 0.3) is 0 Å². The molecule has 0 aliphatic heterocycles. The van der Waals surface area contributed by atoms with E-state index < -0.39 is 0 Å². The molecule has 0 saturated carbocycles. The summed E-state index contributed by atoms with van der Waals surface area (Å²) in [4.78, 5) is 10.7. The number of halogens is 3. The first-order chi connectivity index (χ1) is 8.42. The van der Waals surface area contributed by atoms with E-state index in [0.717, 1.165) is 12.2 Å². The fourth-order valence-electron chi connectivity index (χ4n) is 1.55. The van der Waals surface area contributed by atoms with Crippen molar-refractivity contribution in [1.29, 1.82) is 0 Å². The molecule has 0 fully saturated rings. The summed E-state index contributed by atoms with van der Waals surface area (Å²) in [5.41, 5.74) is 0. The van der Waals surface area contributed by atoms with Gasteiger partial charge in [-0.25, -0.2) is 0 Å². The molecule has 0 aromatic heterocycles. The quantitative estimate of drug-likeness (QED) is 0.145. The first-order valence-corrected chi connectivity index (χ1v) is 10.9. The standard InChI is InChI=1S/C13H23I3OS/c1-12(17)8-11-18-10-7-5-3-2-4-6-9-13(14,15)16/h2-11H2,1H3. The molecule has 0 aliphatic carbocycles. The van der Waals surface area contributed by atoms with Crippen LogP contribution in [0.1, 0.15) is 58.3 Å². The summed E-state index contributed by atoms with van der Waals surface area (Å²) in [5, 5.41) is 0. The molecule has 0 spiro atoms. The Labute approximate surface area is 157 Å². The number of rotatable bonds is 12. The topological polar surface area (TPSA) is 17.1 Å². The van der Waals surface area contributed by atoms with Crippen LogP contribution < -0.4 is 0 Å². The maximum atomic E-state index is 10.7. The summed E-state index contributed by atoms with van der Waals surface area (Å²) in [5.74, 6) is 2.56. The second kappa shape index (κ2) is 12.9. The van der Waals surface area contributed by atoms with E-state index in [-0.39, 0.29) is 0 Å². The van der Waals surface area contributed by atoms with Gasteiger partial charge in [0, 0.05) is 12.2 Å². The number of unbranched alkanes of at least 4 members (excludes halogenated alkanes) is 5. The van der Waals surface area contributed by atoms with Gasteiger partial charge in [0.05, 0.1) is 0 Å². The molecule has 0 aromatic carbocycles. The molecule has 0 aliphatic rings. The third-order valence-corrected chi connectivity index (χ3v) is 5.29. The molecule has 0 amide bonds. The molecule has 108 valence electrons. The summed E-state index contributed by atoms with van der Waals surface area (Å²) in [6, 6.07) is 0. The summed E-state index contributed by atoms with van der Waals surface area (Å²) in [6.45, 7) is 1.68. The molecule has 0 unspecified atom stereocenters. The Hall–Kier alpha value is 2.21. The number of alkyl halides is 3. The SMILES string of the molecule is CC(=O)CCSCCCCCCCCC(I)(I)I. The number of thioether (sulfide) groups is 1. The molecule has 18 heavy (non-hydrogen) atoms. The van der Waals surface area contributed by atoms with Crippen LogP contribution in [0.25, 0.3) is 0 Å². The Morgan fingerprint density at radius 2 is 1.50 bits per heavy atom. The second-order valence-corrected chi connectivity index (χ2v) is 17.5. The van der Waals surface area contributed by atoms with Crippen LogP contribution >= 0.6 is 79.5 Å². The summed E-state index contributed by atoms with van der Waals surface area (Å²) in [6.07, 6.45) is 10.2. The van der Waals surface area contributed by atoms with Gasteiger partial charge in [-0.15, -0.1) is 0 Å². The fraction of sp³-hybridized carbons (Fsp3) is 0.923. The minimum Gasteiger partial charge on any atom is -0.300 e. The van der Waals surface area contributed by atoms with E-state index in [1.54, 1.807) is 6.92 Å². The predicted octanol–water partition coefficient (Wildman–Crippen LogP) is 6.39. The maximum absolute atomic E-state index is 10.7. The van der Waals surface area contributed by atoms with E-state index in [4.69, 9.17) is 0 Å². The van der Waals surface area contributed by atoms with Gasteiger partial charge in [0.15, 0.2) is 0 Å². The average molecular weight is 608 g/mol. The molecular weight excluding hydrogens is 585 g/mol. The molecule has 1 nitrogen and oxygen atoms in total. The second-order valence-electron chi connectivity index (χ2n) is 4.55. The van der Waals surface area contributed by atoms with Gasteiger partial charge in [0.1, 0.15) is 5.22 Å². The molecule has 0 bridgehead atoms. The highest BCUT2D eigenvalue weighted by Crippen LogP contribution is 2.40. The van der Waals surface area contributed by atoms with Gasteiger partial charge in [-0.05, 0) is 25.5 Å². The van der Waals surface area contributed by atoms with Crippen molar-refractivity contribution in [1.82, 2.24) is 0 Å².